The normalized spacial score (nSPS) is 12.2. The highest BCUT2D eigenvalue weighted by Gasteiger charge is 2.20. The molecule has 0 N–H and O–H groups in total. The number of rotatable bonds is 6. The van der Waals surface area contributed by atoms with Crippen molar-refractivity contribution in [3.63, 3.8) is 0 Å². The number of hydrogen-bond acceptors (Lipinski definition) is 3. The van der Waals surface area contributed by atoms with Crippen LogP contribution in [0.25, 0.3) is 0 Å². The van der Waals surface area contributed by atoms with Crippen LogP contribution in [-0.4, -0.2) is 18.3 Å². The van der Waals surface area contributed by atoms with Gasteiger partial charge in [-0.1, -0.05) is 37.5 Å². The van der Waals surface area contributed by atoms with Crippen LogP contribution in [0.4, 0.5) is 0 Å². The van der Waals surface area contributed by atoms with Crippen molar-refractivity contribution in [3.8, 4) is 0 Å². The fourth-order valence-corrected chi connectivity index (χ4v) is 3.02. The van der Waals surface area contributed by atoms with E-state index in [4.69, 9.17) is 4.74 Å². The van der Waals surface area contributed by atoms with E-state index in [9.17, 15) is 4.79 Å². The Kier molecular flexibility index (Phi) is 6.27. The summed E-state index contributed by atoms with van der Waals surface area (Å²) in [6.07, 6.45) is 3.03. The van der Waals surface area contributed by atoms with Crippen LogP contribution in [-0.2, 0) is 9.53 Å². The highest BCUT2D eigenvalue weighted by Crippen LogP contribution is 2.30. The number of benzene rings is 1. The average molecular weight is 266 g/mol. The topological polar surface area (TPSA) is 26.3 Å². The molecule has 0 saturated heterocycles. The minimum Gasteiger partial charge on any atom is -0.468 e. The van der Waals surface area contributed by atoms with E-state index in [1.807, 2.05) is 0 Å². The van der Waals surface area contributed by atoms with Crippen molar-refractivity contribution < 1.29 is 9.53 Å². The molecule has 0 spiro atoms. The minimum atomic E-state index is -0.116. The molecule has 0 heterocycles. The molecular formula is C15H22O2S. The predicted octanol–water partition coefficient (Wildman–Crippen LogP) is 4.13. The van der Waals surface area contributed by atoms with Crippen LogP contribution in [0.3, 0.4) is 0 Å². The molecule has 100 valence electrons. The number of carbonyl (C=O) groups excluding carboxylic acids is 1. The smallest absolute Gasteiger partial charge is 0.319 e. The zero-order valence-electron chi connectivity index (χ0n) is 11.7. The molecule has 1 rings (SSSR count). The Balaban J connectivity index is 2.81. The molecule has 1 aromatic carbocycles. The maximum absolute atomic E-state index is 11.8. The fraction of sp³-hybridized carbons (Fsp3) is 0.533. The van der Waals surface area contributed by atoms with Gasteiger partial charge in [0.25, 0.3) is 0 Å². The van der Waals surface area contributed by atoms with E-state index in [1.54, 1.807) is 11.8 Å². The first kappa shape index (κ1) is 15.1. The van der Waals surface area contributed by atoms with Crippen LogP contribution in [0.2, 0.25) is 0 Å². The van der Waals surface area contributed by atoms with Gasteiger partial charge >= 0.3 is 5.97 Å². The minimum absolute atomic E-state index is 0.0875. The van der Waals surface area contributed by atoms with Gasteiger partial charge in [-0.05, 0) is 31.9 Å². The third-order valence-electron chi connectivity index (χ3n) is 2.90. The number of thioether (sulfide) groups is 1. The van der Waals surface area contributed by atoms with Crippen molar-refractivity contribution in [1.82, 2.24) is 0 Å². The lowest BCUT2D eigenvalue weighted by molar-refractivity contribution is -0.140. The first-order chi connectivity index (χ1) is 8.58. The standard InChI is InChI=1S/C15H22O2S/c1-5-6-7-13(15(16)17-4)18-14-10-11(2)8-9-12(14)3/h8-10,13H,5-7H2,1-4H3. The number of carbonyl (C=O) groups is 1. The van der Waals surface area contributed by atoms with Gasteiger partial charge in [0.2, 0.25) is 0 Å². The Morgan fingerprint density at radius 3 is 2.72 bits per heavy atom. The van der Waals surface area contributed by atoms with Gasteiger partial charge in [0.15, 0.2) is 0 Å². The van der Waals surface area contributed by atoms with Crippen molar-refractivity contribution >= 4 is 17.7 Å². The summed E-state index contributed by atoms with van der Waals surface area (Å²) in [5.41, 5.74) is 2.44. The zero-order chi connectivity index (χ0) is 13.5. The van der Waals surface area contributed by atoms with Gasteiger partial charge in [0, 0.05) is 4.90 Å². The summed E-state index contributed by atoms with van der Waals surface area (Å²) < 4.78 is 4.89. The molecule has 0 aliphatic heterocycles. The Bertz CT molecular complexity index is 401. The van der Waals surface area contributed by atoms with Gasteiger partial charge in [0.05, 0.1) is 7.11 Å². The zero-order valence-corrected chi connectivity index (χ0v) is 12.5. The molecule has 0 bridgehead atoms. The van der Waals surface area contributed by atoms with Crippen LogP contribution < -0.4 is 0 Å². The second kappa shape index (κ2) is 7.47. The molecule has 0 aliphatic carbocycles. The van der Waals surface area contributed by atoms with Gasteiger partial charge in [-0.25, -0.2) is 0 Å². The van der Waals surface area contributed by atoms with E-state index in [0.717, 1.165) is 19.3 Å². The van der Waals surface area contributed by atoms with Crippen molar-refractivity contribution in [2.24, 2.45) is 0 Å². The molecule has 18 heavy (non-hydrogen) atoms. The van der Waals surface area contributed by atoms with Gasteiger partial charge < -0.3 is 4.74 Å². The van der Waals surface area contributed by atoms with E-state index in [2.05, 4.69) is 39.0 Å². The number of methoxy groups -OCH3 is 1. The van der Waals surface area contributed by atoms with Gasteiger partial charge in [-0.3, -0.25) is 4.79 Å². The third-order valence-corrected chi connectivity index (χ3v) is 4.30. The molecule has 0 amide bonds. The Hall–Kier alpha value is -0.960. The van der Waals surface area contributed by atoms with E-state index >= 15 is 0 Å². The Morgan fingerprint density at radius 1 is 1.39 bits per heavy atom. The summed E-state index contributed by atoms with van der Waals surface area (Å²) in [5.74, 6) is -0.116. The lowest BCUT2D eigenvalue weighted by atomic mass is 10.2. The molecule has 1 unspecified atom stereocenters. The van der Waals surface area contributed by atoms with Crippen LogP contribution in [0.5, 0.6) is 0 Å². The molecule has 0 saturated carbocycles. The second-order valence-corrected chi connectivity index (χ2v) is 5.79. The first-order valence-corrected chi connectivity index (χ1v) is 7.28. The Labute approximate surface area is 114 Å². The summed E-state index contributed by atoms with van der Waals surface area (Å²) in [5, 5.41) is -0.0875. The molecule has 1 atom stereocenters. The van der Waals surface area contributed by atoms with E-state index in [1.165, 1.54) is 23.1 Å². The number of esters is 1. The van der Waals surface area contributed by atoms with Gasteiger partial charge in [-0.15, -0.1) is 11.8 Å². The quantitative estimate of drug-likeness (QED) is 0.572. The van der Waals surface area contributed by atoms with Crippen molar-refractivity contribution in [2.75, 3.05) is 7.11 Å². The van der Waals surface area contributed by atoms with E-state index in [-0.39, 0.29) is 11.2 Å². The van der Waals surface area contributed by atoms with Crippen molar-refractivity contribution in [3.05, 3.63) is 29.3 Å². The highest BCUT2D eigenvalue weighted by atomic mass is 32.2. The summed E-state index contributed by atoms with van der Waals surface area (Å²) in [6.45, 7) is 6.29. The van der Waals surface area contributed by atoms with E-state index < -0.39 is 0 Å². The van der Waals surface area contributed by atoms with E-state index in [0.29, 0.717) is 0 Å². The lowest BCUT2D eigenvalue weighted by Crippen LogP contribution is -2.18. The molecule has 0 radical (unpaired) electrons. The fourth-order valence-electron chi connectivity index (χ4n) is 1.73. The summed E-state index contributed by atoms with van der Waals surface area (Å²) in [4.78, 5) is 13.0. The van der Waals surface area contributed by atoms with Crippen LogP contribution in [0, 0.1) is 13.8 Å². The summed E-state index contributed by atoms with van der Waals surface area (Å²) in [7, 11) is 1.46. The average Bonchev–Trinajstić information content (AvgIpc) is 2.37. The van der Waals surface area contributed by atoms with Gasteiger partial charge in [-0.2, -0.15) is 0 Å². The summed E-state index contributed by atoms with van der Waals surface area (Å²) >= 11 is 1.63. The molecule has 3 heteroatoms. The lowest BCUT2D eigenvalue weighted by Gasteiger charge is -2.15. The number of hydrogen-bond donors (Lipinski definition) is 0. The van der Waals surface area contributed by atoms with Crippen molar-refractivity contribution in [2.45, 2.75) is 50.2 Å². The van der Waals surface area contributed by atoms with Crippen LogP contribution in [0.1, 0.15) is 37.3 Å². The highest BCUT2D eigenvalue weighted by molar-refractivity contribution is 8.00. The molecule has 1 aromatic rings. The van der Waals surface area contributed by atoms with Crippen molar-refractivity contribution in [1.29, 1.82) is 0 Å². The largest absolute Gasteiger partial charge is 0.468 e. The number of aryl methyl sites for hydroxylation is 2. The SMILES string of the molecule is CCCCC(Sc1cc(C)ccc1C)C(=O)OC. The Morgan fingerprint density at radius 2 is 2.11 bits per heavy atom. The third kappa shape index (κ3) is 4.37. The maximum atomic E-state index is 11.8. The number of unbranched alkanes of at least 4 members (excludes halogenated alkanes) is 1. The molecule has 0 fully saturated rings. The monoisotopic (exact) mass is 266 g/mol. The molecule has 0 aromatic heterocycles. The molecule has 2 nitrogen and oxygen atoms in total. The van der Waals surface area contributed by atoms with Crippen LogP contribution >= 0.6 is 11.8 Å². The number of ether oxygens (including phenoxy) is 1. The van der Waals surface area contributed by atoms with Crippen LogP contribution in [0.15, 0.2) is 23.1 Å². The second-order valence-electron chi connectivity index (χ2n) is 4.54. The molecule has 0 aliphatic rings. The first-order valence-electron chi connectivity index (χ1n) is 6.40. The summed E-state index contributed by atoms with van der Waals surface area (Å²) in [6, 6.07) is 6.34. The maximum Gasteiger partial charge on any atom is 0.319 e. The van der Waals surface area contributed by atoms with Gasteiger partial charge in [0.1, 0.15) is 5.25 Å². The predicted molar refractivity (Wildman–Crippen MR) is 77.1 cm³/mol. The molecular weight excluding hydrogens is 244 g/mol.